The molecule has 1 aliphatic rings. The van der Waals surface area contributed by atoms with Crippen molar-refractivity contribution in [2.24, 2.45) is 0 Å². The number of carbonyl (C=O) groups is 3. The van der Waals surface area contributed by atoms with E-state index in [2.05, 4.69) is 71.3 Å². The van der Waals surface area contributed by atoms with Crippen LogP contribution in [-0.2, 0) is 23.8 Å². The van der Waals surface area contributed by atoms with Gasteiger partial charge < -0.3 is 20.1 Å². The number of hydrogen-bond donors (Lipinski definition) is 2. The number of unbranched alkanes of at least 4 members (excludes halogenated alkanes) is 1. The Bertz CT molecular complexity index is 1780. The van der Waals surface area contributed by atoms with Gasteiger partial charge in [0.25, 0.3) is 0 Å². The molecule has 260 valence electrons. The molecule has 0 fully saturated rings. The second kappa shape index (κ2) is 17.1. The molecule has 1 atom stereocenters. The van der Waals surface area contributed by atoms with E-state index in [-0.39, 0.29) is 36.6 Å². The van der Waals surface area contributed by atoms with E-state index in [9.17, 15) is 14.4 Å². The Morgan fingerprint density at radius 2 is 1.18 bits per heavy atom. The fourth-order valence-electron chi connectivity index (χ4n) is 6.77. The summed E-state index contributed by atoms with van der Waals surface area (Å²) in [6.45, 7) is 0.488. The molecule has 6 rings (SSSR count). The normalized spacial score (nSPS) is 12.6. The topological polar surface area (TPSA) is 93.7 Å². The average molecular weight is 699 g/mol. The molecule has 5 aromatic carbocycles. The van der Waals surface area contributed by atoms with E-state index in [1.54, 1.807) is 11.8 Å². The molecule has 1 unspecified atom stereocenters. The summed E-state index contributed by atoms with van der Waals surface area (Å²) >= 11 is 1.59. The van der Waals surface area contributed by atoms with Crippen molar-refractivity contribution in [3.05, 3.63) is 167 Å². The lowest BCUT2D eigenvalue weighted by molar-refractivity contribution is -0.140. The van der Waals surface area contributed by atoms with Gasteiger partial charge in [-0.05, 0) is 51.8 Å². The second-order valence-corrected chi connectivity index (χ2v) is 13.7. The molecule has 0 saturated carbocycles. The highest BCUT2D eigenvalue weighted by molar-refractivity contribution is 8.00. The van der Waals surface area contributed by atoms with Gasteiger partial charge in [0.05, 0.1) is 11.9 Å². The Balaban J connectivity index is 1.24. The molecule has 5 aromatic rings. The molecular weight excluding hydrogens is 657 g/mol. The van der Waals surface area contributed by atoms with Gasteiger partial charge in [-0.1, -0.05) is 140 Å². The van der Waals surface area contributed by atoms with Crippen molar-refractivity contribution in [1.82, 2.24) is 10.6 Å². The second-order valence-electron chi connectivity index (χ2n) is 12.4. The Hall–Kier alpha value is -5.34. The van der Waals surface area contributed by atoms with E-state index in [1.807, 2.05) is 78.9 Å². The third-order valence-electron chi connectivity index (χ3n) is 9.29. The van der Waals surface area contributed by atoms with E-state index in [0.29, 0.717) is 19.4 Å². The number of ether oxygens (including phenoxy) is 2. The van der Waals surface area contributed by atoms with E-state index in [4.69, 9.17) is 9.47 Å². The molecule has 2 N–H and O–H groups in total. The van der Waals surface area contributed by atoms with Crippen LogP contribution in [0.15, 0.2) is 140 Å². The predicted molar refractivity (Wildman–Crippen MR) is 203 cm³/mol. The minimum atomic E-state index is -0.915. The molecule has 0 saturated heterocycles. The maximum atomic E-state index is 13.9. The van der Waals surface area contributed by atoms with Crippen LogP contribution in [0.5, 0.6) is 0 Å². The fourth-order valence-corrected chi connectivity index (χ4v) is 8.33. The van der Waals surface area contributed by atoms with Gasteiger partial charge in [-0.25, -0.2) is 4.79 Å². The number of esters is 1. The Kier molecular flexibility index (Phi) is 11.9. The first kappa shape index (κ1) is 35.5. The Labute approximate surface area is 303 Å². The lowest BCUT2D eigenvalue weighted by atomic mass is 9.84. The zero-order valence-corrected chi connectivity index (χ0v) is 29.4. The van der Waals surface area contributed by atoms with Crippen molar-refractivity contribution in [3.63, 3.8) is 0 Å². The van der Waals surface area contributed by atoms with Crippen molar-refractivity contribution >= 4 is 29.7 Å². The van der Waals surface area contributed by atoms with Crippen LogP contribution >= 0.6 is 11.8 Å². The SMILES string of the molecule is COC(=O)CCCCNC(=O)C(CSC(c1ccccc1)(c1ccccc1)c1ccccc1)NC(=O)OCC1c2ccccc2-c2ccccc21. The summed E-state index contributed by atoms with van der Waals surface area (Å²) in [5.41, 5.74) is 7.66. The molecule has 2 amide bonds. The van der Waals surface area contributed by atoms with E-state index in [0.717, 1.165) is 38.9 Å². The first-order chi connectivity index (χ1) is 25.0. The van der Waals surface area contributed by atoms with Crippen LogP contribution < -0.4 is 10.6 Å². The maximum Gasteiger partial charge on any atom is 0.407 e. The van der Waals surface area contributed by atoms with Crippen LogP contribution in [0.4, 0.5) is 4.79 Å². The number of fused-ring (bicyclic) bond motifs is 3. The lowest BCUT2D eigenvalue weighted by Crippen LogP contribution is -2.49. The van der Waals surface area contributed by atoms with Gasteiger partial charge in [0.15, 0.2) is 0 Å². The molecule has 0 bridgehead atoms. The van der Waals surface area contributed by atoms with E-state index in [1.165, 1.54) is 7.11 Å². The number of carbonyl (C=O) groups excluding carboxylic acids is 3. The summed E-state index contributed by atoms with van der Waals surface area (Å²) in [5, 5.41) is 5.90. The quantitative estimate of drug-likeness (QED) is 0.0653. The van der Waals surface area contributed by atoms with Gasteiger partial charge in [-0.2, -0.15) is 0 Å². The fraction of sp³-hybridized carbons (Fsp3) is 0.233. The first-order valence-electron chi connectivity index (χ1n) is 17.3. The van der Waals surface area contributed by atoms with Gasteiger partial charge in [-0.15, -0.1) is 11.8 Å². The summed E-state index contributed by atoms with van der Waals surface area (Å²) in [6, 6.07) is 46.1. The molecule has 0 aliphatic heterocycles. The van der Waals surface area contributed by atoms with Crippen LogP contribution in [0, 0.1) is 0 Å². The molecule has 8 heteroatoms. The molecule has 0 radical (unpaired) electrons. The molecule has 0 heterocycles. The number of nitrogens with one attached hydrogen (secondary N) is 2. The number of rotatable bonds is 15. The molecule has 1 aliphatic carbocycles. The first-order valence-corrected chi connectivity index (χ1v) is 18.3. The standard InChI is InChI=1S/C43H42N2O5S/c1-49-40(46)27-15-16-28-44-41(47)39(45-42(48)50-29-38-36-25-13-11-23-34(36)35-24-12-14-26-37(35)38)30-51-43(31-17-5-2-6-18-31,32-19-7-3-8-20-32)33-21-9-4-10-22-33/h2-14,17-26,38-39H,15-16,27-30H2,1H3,(H,44,47)(H,45,48). The third-order valence-corrected chi connectivity index (χ3v) is 10.9. The lowest BCUT2D eigenvalue weighted by Gasteiger charge is -2.36. The van der Waals surface area contributed by atoms with E-state index >= 15 is 0 Å². The zero-order chi connectivity index (χ0) is 35.5. The van der Waals surface area contributed by atoms with Gasteiger partial charge in [-0.3, -0.25) is 9.59 Å². The van der Waals surface area contributed by atoms with Crippen LogP contribution in [0.25, 0.3) is 11.1 Å². The monoisotopic (exact) mass is 698 g/mol. The van der Waals surface area contributed by atoms with Crippen LogP contribution in [0.1, 0.15) is 53.0 Å². The van der Waals surface area contributed by atoms with Crippen LogP contribution in [0.3, 0.4) is 0 Å². The van der Waals surface area contributed by atoms with Gasteiger partial charge in [0, 0.05) is 24.6 Å². The highest BCUT2D eigenvalue weighted by atomic mass is 32.2. The van der Waals surface area contributed by atoms with Gasteiger partial charge in [0.1, 0.15) is 12.6 Å². The number of alkyl carbamates (subject to hydrolysis) is 1. The minimum Gasteiger partial charge on any atom is -0.469 e. The zero-order valence-electron chi connectivity index (χ0n) is 28.6. The largest absolute Gasteiger partial charge is 0.469 e. The molecule has 7 nitrogen and oxygen atoms in total. The average Bonchev–Trinajstić information content (AvgIpc) is 3.51. The smallest absolute Gasteiger partial charge is 0.407 e. The summed E-state index contributed by atoms with van der Waals surface area (Å²) in [5.74, 6) is -0.470. The van der Waals surface area contributed by atoms with Crippen molar-refractivity contribution in [3.8, 4) is 11.1 Å². The van der Waals surface area contributed by atoms with Crippen molar-refractivity contribution in [1.29, 1.82) is 0 Å². The maximum absolute atomic E-state index is 13.9. The molecule has 51 heavy (non-hydrogen) atoms. The van der Waals surface area contributed by atoms with Crippen molar-refractivity contribution in [2.45, 2.75) is 36.0 Å². The summed E-state index contributed by atoms with van der Waals surface area (Å²) in [7, 11) is 1.36. The highest BCUT2D eigenvalue weighted by Crippen LogP contribution is 2.49. The minimum absolute atomic E-state index is 0.110. The summed E-state index contributed by atoms with van der Waals surface area (Å²) in [4.78, 5) is 39.0. The molecular formula is C43H42N2O5S. The van der Waals surface area contributed by atoms with E-state index < -0.39 is 16.9 Å². The van der Waals surface area contributed by atoms with Crippen LogP contribution in [0.2, 0.25) is 0 Å². The summed E-state index contributed by atoms with van der Waals surface area (Å²) in [6.07, 6.45) is 0.782. The molecule has 0 spiro atoms. The van der Waals surface area contributed by atoms with Crippen molar-refractivity contribution in [2.75, 3.05) is 26.0 Å². The number of hydrogen-bond acceptors (Lipinski definition) is 6. The third kappa shape index (κ3) is 8.18. The van der Waals surface area contributed by atoms with Gasteiger partial charge >= 0.3 is 12.1 Å². The molecule has 0 aromatic heterocycles. The number of thioether (sulfide) groups is 1. The van der Waals surface area contributed by atoms with Crippen molar-refractivity contribution < 1.29 is 23.9 Å². The highest BCUT2D eigenvalue weighted by Gasteiger charge is 2.39. The predicted octanol–water partition coefficient (Wildman–Crippen LogP) is 8.08. The Morgan fingerprint density at radius 1 is 0.686 bits per heavy atom. The summed E-state index contributed by atoms with van der Waals surface area (Å²) < 4.78 is 9.95. The number of benzene rings is 5. The number of amides is 2. The van der Waals surface area contributed by atoms with Gasteiger partial charge in [0.2, 0.25) is 5.91 Å². The number of methoxy groups -OCH3 is 1. The Morgan fingerprint density at radius 3 is 1.69 bits per heavy atom. The van der Waals surface area contributed by atoms with Crippen LogP contribution in [-0.4, -0.2) is 50.0 Å².